The van der Waals surface area contributed by atoms with E-state index in [4.69, 9.17) is 9.72 Å². The molecular formula is C25H38N4O5S. The number of nitrogens with zero attached hydrogens (tertiary/aromatic N) is 3. The Bertz CT molecular complexity index is 964. The number of aliphatic hydroxyl groups is 2. The minimum absolute atomic E-state index is 0.00597. The van der Waals surface area contributed by atoms with Crippen LogP contribution in [0, 0.1) is 16.7 Å². The van der Waals surface area contributed by atoms with Crippen LogP contribution in [0.5, 0.6) is 0 Å². The van der Waals surface area contributed by atoms with E-state index in [-0.39, 0.29) is 42.2 Å². The van der Waals surface area contributed by atoms with Gasteiger partial charge in [-0.15, -0.1) is 17.9 Å². The smallest absolute Gasteiger partial charge is 0.323 e. The van der Waals surface area contributed by atoms with E-state index in [1.165, 1.54) is 11.3 Å². The van der Waals surface area contributed by atoms with E-state index in [1.54, 1.807) is 22.9 Å². The van der Waals surface area contributed by atoms with E-state index in [0.717, 1.165) is 17.0 Å². The summed E-state index contributed by atoms with van der Waals surface area (Å²) >= 11 is 1.44. The number of aromatic nitrogens is 1. The molecule has 3 aliphatic rings. The molecule has 10 heteroatoms. The third kappa shape index (κ3) is 4.73. The first-order chi connectivity index (χ1) is 16.6. The number of morpholine rings is 1. The first-order valence-electron chi connectivity index (χ1n) is 12.4. The molecule has 35 heavy (non-hydrogen) atoms. The van der Waals surface area contributed by atoms with E-state index < -0.39 is 11.5 Å². The Morgan fingerprint density at radius 2 is 2.09 bits per heavy atom. The summed E-state index contributed by atoms with van der Waals surface area (Å²) in [6, 6.07) is -0.197. The van der Waals surface area contributed by atoms with Crippen LogP contribution in [-0.2, 0) is 16.0 Å². The standard InChI is InChI=1S/C25H38N4O5S/c1-5-8-28(4)20(32)13-16-21-17(14-18-24(16,2)7-6-19(31)25(18,3)15-30)35-22(26-21)27-23(33)29-9-11-34-12-10-29/h5,16,18-19,30-31H,1,6-15H2,2-4H3,(H,26,27,33). The molecule has 1 saturated carbocycles. The molecule has 0 radical (unpaired) electrons. The molecular weight excluding hydrogens is 468 g/mol. The van der Waals surface area contributed by atoms with Gasteiger partial charge in [-0.3, -0.25) is 10.1 Å². The third-order valence-corrected chi connectivity index (χ3v) is 9.62. The zero-order valence-electron chi connectivity index (χ0n) is 21.0. The molecule has 194 valence electrons. The molecule has 2 fully saturated rings. The fraction of sp³-hybridized carbons (Fsp3) is 0.720. The summed E-state index contributed by atoms with van der Waals surface area (Å²) in [5, 5.41) is 24.8. The minimum Gasteiger partial charge on any atom is -0.396 e. The second kappa shape index (κ2) is 10.2. The van der Waals surface area contributed by atoms with Gasteiger partial charge in [0.1, 0.15) is 0 Å². The molecule has 1 aromatic heterocycles. The number of fused-ring (bicyclic) bond motifs is 2. The van der Waals surface area contributed by atoms with Crippen molar-refractivity contribution in [3.8, 4) is 0 Å². The average Bonchev–Trinajstić information content (AvgIpc) is 3.25. The minimum atomic E-state index is -0.680. The highest BCUT2D eigenvalue weighted by molar-refractivity contribution is 7.15. The predicted molar refractivity (Wildman–Crippen MR) is 134 cm³/mol. The molecule has 0 bridgehead atoms. The van der Waals surface area contributed by atoms with Gasteiger partial charge in [0.05, 0.1) is 31.6 Å². The van der Waals surface area contributed by atoms with Crippen LogP contribution in [0.4, 0.5) is 9.93 Å². The normalized spacial score (nSPS) is 32.4. The van der Waals surface area contributed by atoms with E-state index >= 15 is 0 Å². The van der Waals surface area contributed by atoms with Crippen molar-refractivity contribution in [1.82, 2.24) is 14.8 Å². The SMILES string of the molecule is C=CCN(C)C(=O)CC1c2nc(NC(=O)N3CCOCC3)sc2CC2C(C)(CO)C(O)CCC12C. The summed E-state index contributed by atoms with van der Waals surface area (Å²) in [5.74, 6) is -0.201. The van der Waals surface area contributed by atoms with Crippen molar-refractivity contribution in [2.24, 2.45) is 16.7 Å². The Balaban J connectivity index is 1.68. The summed E-state index contributed by atoms with van der Waals surface area (Å²) in [7, 11) is 1.77. The number of ether oxygens (including phenoxy) is 1. The van der Waals surface area contributed by atoms with E-state index in [9.17, 15) is 19.8 Å². The topological polar surface area (TPSA) is 115 Å². The Labute approximate surface area is 211 Å². The van der Waals surface area contributed by atoms with E-state index in [0.29, 0.717) is 50.8 Å². The number of rotatable bonds is 6. The highest BCUT2D eigenvalue weighted by Crippen LogP contribution is 2.62. The molecule has 3 amide bonds. The van der Waals surface area contributed by atoms with E-state index in [1.807, 2.05) is 6.92 Å². The van der Waals surface area contributed by atoms with Gasteiger partial charge < -0.3 is 24.7 Å². The Hall–Kier alpha value is -2.01. The van der Waals surface area contributed by atoms with Crippen molar-refractivity contribution in [3.05, 3.63) is 23.2 Å². The lowest BCUT2D eigenvalue weighted by atomic mass is 9.47. The first-order valence-corrected chi connectivity index (χ1v) is 13.2. The second-order valence-electron chi connectivity index (χ2n) is 10.7. The van der Waals surface area contributed by atoms with Crippen LogP contribution in [0.15, 0.2) is 12.7 Å². The summed E-state index contributed by atoms with van der Waals surface area (Å²) in [6.07, 6.45) is 3.33. The Kier molecular flexibility index (Phi) is 7.57. The van der Waals surface area contributed by atoms with Crippen molar-refractivity contribution in [2.45, 2.75) is 51.6 Å². The molecule has 5 atom stereocenters. The van der Waals surface area contributed by atoms with Crippen molar-refractivity contribution >= 4 is 28.4 Å². The predicted octanol–water partition coefficient (Wildman–Crippen LogP) is 2.46. The second-order valence-corrected chi connectivity index (χ2v) is 11.7. The maximum atomic E-state index is 13.2. The van der Waals surface area contributed by atoms with Crippen LogP contribution in [0.2, 0.25) is 0 Å². The number of thiazole rings is 1. The number of hydrogen-bond acceptors (Lipinski definition) is 7. The van der Waals surface area contributed by atoms with Crippen molar-refractivity contribution in [3.63, 3.8) is 0 Å². The van der Waals surface area contributed by atoms with Crippen LogP contribution in [0.25, 0.3) is 0 Å². The lowest BCUT2D eigenvalue weighted by Gasteiger charge is -2.58. The largest absolute Gasteiger partial charge is 0.396 e. The molecule has 9 nitrogen and oxygen atoms in total. The van der Waals surface area contributed by atoms with Gasteiger partial charge in [0, 0.05) is 49.3 Å². The lowest BCUT2D eigenvalue weighted by Crippen LogP contribution is -2.57. The van der Waals surface area contributed by atoms with Crippen LogP contribution < -0.4 is 5.32 Å². The summed E-state index contributed by atoms with van der Waals surface area (Å²) in [4.78, 5) is 35.2. The number of aliphatic hydroxyl groups excluding tert-OH is 2. The highest BCUT2D eigenvalue weighted by Gasteiger charge is 2.59. The molecule has 1 aliphatic heterocycles. The van der Waals surface area contributed by atoms with Crippen LogP contribution in [-0.4, -0.2) is 89.5 Å². The number of nitrogens with one attached hydrogen (secondary N) is 1. The maximum Gasteiger partial charge on any atom is 0.323 e. The van der Waals surface area contributed by atoms with Gasteiger partial charge in [-0.05, 0) is 30.6 Å². The van der Waals surface area contributed by atoms with Crippen molar-refractivity contribution in [2.75, 3.05) is 51.8 Å². The summed E-state index contributed by atoms with van der Waals surface area (Å²) < 4.78 is 5.34. The third-order valence-electron chi connectivity index (χ3n) is 8.61. The fourth-order valence-electron chi connectivity index (χ4n) is 6.26. The molecule has 1 saturated heterocycles. The highest BCUT2D eigenvalue weighted by atomic mass is 32.1. The molecule has 1 aromatic rings. The monoisotopic (exact) mass is 506 g/mol. The molecule has 3 N–H and O–H groups in total. The van der Waals surface area contributed by atoms with Crippen LogP contribution in [0.3, 0.4) is 0 Å². The maximum absolute atomic E-state index is 13.2. The van der Waals surface area contributed by atoms with Gasteiger partial charge in [-0.2, -0.15) is 0 Å². The number of carbonyl (C=O) groups excluding carboxylic acids is 2. The van der Waals surface area contributed by atoms with Crippen molar-refractivity contribution in [1.29, 1.82) is 0 Å². The zero-order chi connectivity index (χ0) is 25.4. The Morgan fingerprint density at radius 3 is 2.74 bits per heavy atom. The fourth-order valence-corrected chi connectivity index (χ4v) is 7.32. The lowest BCUT2D eigenvalue weighted by molar-refractivity contribution is -0.146. The van der Waals surface area contributed by atoms with E-state index in [2.05, 4.69) is 18.8 Å². The number of anilines is 1. The number of amides is 3. The van der Waals surface area contributed by atoms with Gasteiger partial charge in [0.2, 0.25) is 5.91 Å². The molecule has 5 unspecified atom stereocenters. The molecule has 0 spiro atoms. The molecule has 2 aliphatic carbocycles. The summed E-state index contributed by atoms with van der Waals surface area (Å²) in [6.45, 7) is 10.3. The zero-order valence-corrected chi connectivity index (χ0v) is 21.8. The number of urea groups is 1. The Morgan fingerprint density at radius 1 is 1.37 bits per heavy atom. The number of carbonyl (C=O) groups is 2. The van der Waals surface area contributed by atoms with Crippen molar-refractivity contribution < 1.29 is 24.5 Å². The van der Waals surface area contributed by atoms with Crippen LogP contribution in [0.1, 0.15) is 49.6 Å². The molecule has 2 heterocycles. The van der Waals surface area contributed by atoms with Gasteiger partial charge in [0.15, 0.2) is 5.13 Å². The van der Waals surface area contributed by atoms with Gasteiger partial charge in [0.25, 0.3) is 0 Å². The first kappa shape index (κ1) is 26.1. The number of likely N-dealkylation sites (N-methyl/N-ethyl adjacent to an activating group) is 1. The average molecular weight is 507 g/mol. The van der Waals surface area contributed by atoms with Gasteiger partial charge >= 0.3 is 6.03 Å². The van der Waals surface area contributed by atoms with Gasteiger partial charge in [-0.25, -0.2) is 9.78 Å². The van der Waals surface area contributed by atoms with Gasteiger partial charge in [-0.1, -0.05) is 19.9 Å². The molecule has 0 aromatic carbocycles. The molecule has 4 rings (SSSR count). The number of hydrogen-bond donors (Lipinski definition) is 3. The quantitative estimate of drug-likeness (QED) is 0.511. The van der Waals surface area contributed by atoms with Crippen LogP contribution >= 0.6 is 11.3 Å². The summed E-state index contributed by atoms with van der Waals surface area (Å²) in [5.41, 5.74) is -0.142.